The van der Waals surface area contributed by atoms with Crippen molar-refractivity contribution in [3.05, 3.63) is 34.1 Å². The SMILES string of the molecule is Cc1cc(CNC(=O)N(C2CC2)[C@@H]2CCCN(C(=O)C34COC(C3)C4)C2)c(F)cc1Cl. The molecule has 1 atom stereocenters. The van der Waals surface area contributed by atoms with Gasteiger partial charge in [0, 0.05) is 36.3 Å². The number of aryl methyl sites for hydroxylation is 1. The largest absolute Gasteiger partial charge is 0.377 e. The van der Waals surface area contributed by atoms with Gasteiger partial charge in [-0.15, -0.1) is 0 Å². The quantitative estimate of drug-likeness (QED) is 0.746. The van der Waals surface area contributed by atoms with Crippen LogP contribution in [0.2, 0.25) is 5.02 Å². The van der Waals surface area contributed by atoms with Gasteiger partial charge >= 0.3 is 6.03 Å². The van der Waals surface area contributed by atoms with E-state index in [0.29, 0.717) is 23.7 Å². The maximum Gasteiger partial charge on any atom is 0.318 e. The average molecular weight is 450 g/mol. The lowest BCUT2D eigenvalue weighted by atomic mass is 9.69. The van der Waals surface area contributed by atoms with Gasteiger partial charge in [0.2, 0.25) is 5.91 Å². The van der Waals surface area contributed by atoms with Crippen LogP contribution in [-0.2, 0) is 16.1 Å². The van der Waals surface area contributed by atoms with Crippen molar-refractivity contribution in [3.8, 4) is 0 Å². The molecule has 8 heteroatoms. The van der Waals surface area contributed by atoms with Crippen LogP contribution in [0.25, 0.3) is 0 Å². The van der Waals surface area contributed by atoms with Crippen molar-refractivity contribution in [3.63, 3.8) is 0 Å². The van der Waals surface area contributed by atoms with E-state index in [1.807, 2.05) is 16.7 Å². The van der Waals surface area contributed by atoms with Crippen LogP contribution in [0.5, 0.6) is 0 Å². The van der Waals surface area contributed by atoms with Crippen LogP contribution in [0.3, 0.4) is 0 Å². The maximum absolute atomic E-state index is 14.2. The molecule has 2 bridgehead atoms. The molecule has 3 saturated heterocycles. The molecule has 1 N–H and O–H groups in total. The van der Waals surface area contributed by atoms with E-state index in [0.717, 1.165) is 50.6 Å². The zero-order chi connectivity index (χ0) is 21.8. The molecule has 5 fully saturated rings. The van der Waals surface area contributed by atoms with Crippen molar-refractivity contribution < 1.29 is 18.7 Å². The van der Waals surface area contributed by atoms with E-state index in [2.05, 4.69) is 5.32 Å². The van der Waals surface area contributed by atoms with Crippen LogP contribution in [0.1, 0.15) is 49.7 Å². The summed E-state index contributed by atoms with van der Waals surface area (Å²) in [6.45, 7) is 3.79. The molecule has 6 rings (SSSR count). The minimum absolute atomic E-state index is 0.00315. The second kappa shape index (κ2) is 7.93. The van der Waals surface area contributed by atoms with Crippen LogP contribution in [0, 0.1) is 18.2 Å². The van der Waals surface area contributed by atoms with E-state index in [1.54, 1.807) is 6.07 Å². The van der Waals surface area contributed by atoms with Gasteiger partial charge in [0.15, 0.2) is 0 Å². The van der Waals surface area contributed by atoms with E-state index in [-0.39, 0.29) is 42.1 Å². The summed E-state index contributed by atoms with van der Waals surface area (Å²) in [5.41, 5.74) is 0.885. The number of nitrogens with one attached hydrogen (secondary N) is 1. The summed E-state index contributed by atoms with van der Waals surface area (Å²) in [5.74, 6) is -0.221. The molecule has 0 spiro atoms. The zero-order valence-corrected chi connectivity index (χ0v) is 18.6. The first-order valence-electron chi connectivity index (χ1n) is 11.3. The number of hydrogen-bond donors (Lipinski definition) is 1. The van der Waals surface area contributed by atoms with Gasteiger partial charge in [0.1, 0.15) is 5.82 Å². The number of nitrogens with zero attached hydrogens (tertiary/aromatic N) is 2. The second-order valence-electron chi connectivity index (χ2n) is 9.66. The zero-order valence-electron chi connectivity index (χ0n) is 17.8. The first kappa shape index (κ1) is 21.0. The second-order valence-corrected chi connectivity index (χ2v) is 10.1. The molecular formula is C23H29ClFN3O3. The number of fused-ring (bicyclic) bond motifs is 1. The Morgan fingerprint density at radius 1 is 1.29 bits per heavy atom. The average Bonchev–Trinajstić information content (AvgIpc) is 3.32. The molecule has 1 aromatic rings. The predicted molar refractivity (Wildman–Crippen MR) is 114 cm³/mol. The molecule has 2 aliphatic carbocycles. The Hall–Kier alpha value is -1.86. The Bertz CT molecular complexity index is 895. The topological polar surface area (TPSA) is 61.9 Å². The number of likely N-dealkylation sites (tertiary alicyclic amines) is 1. The van der Waals surface area contributed by atoms with Gasteiger partial charge in [-0.05, 0) is 63.1 Å². The lowest BCUT2D eigenvalue weighted by Crippen LogP contribution is -2.58. The number of piperidine rings is 1. The van der Waals surface area contributed by atoms with Crippen LogP contribution in [0.15, 0.2) is 12.1 Å². The van der Waals surface area contributed by atoms with Gasteiger partial charge in [0.25, 0.3) is 0 Å². The normalized spacial score (nSPS) is 29.5. The Morgan fingerprint density at radius 3 is 2.74 bits per heavy atom. The molecule has 6 nitrogen and oxygen atoms in total. The monoisotopic (exact) mass is 449 g/mol. The van der Waals surface area contributed by atoms with Crippen molar-refractivity contribution in [2.24, 2.45) is 5.41 Å². The van der Waals surface area contributed by atoms with Crippen molar-refractivity contribution in [2.75, 3.05) is 19.7 Å². The first-order valence-corrected chi connectivity index (χ1v) is 11.7. The molecule has 5 aliphatic rings. The molecule has 0 radical (unpaired) electrons. The Morgan fingerprint density at radius 2 is 2.06 bits per heavy atom. The predicted octanol–water partition coefficient (Wildman–Crippen LogP) is 3.63. The van der Waals surface area contributed by atoms with E-state index in [4.69, 9.17) is 16.3 Å². The first-order chi connectivity index (χ1) is 14.9. The smallest absolute Gasteiger partial charge is 0.318 e. The molecule has 0 aromatic heterocycles. The number of urea groups is 1. The summed E-state index contributed by atoms with van der Waals surface area (Å²) in [6, 6.07) is 2.99. The Balaban J connectivity index is 1.24. The maximum atomic E-state index is 14.2. The molecule has 1 aromatic carbocycles. The molecule has 3 aliphatic heterocycles. The molecule has 2 saturated carbocycles. The number of halogens is 2. The fourth-order valence-corrected chi connectivity index (χ4v) is 5.51. The van der Waals surface area contributed by atoms with Gasteiger partial charge in [0.05, 0.1) is 24.2 Å². The van der Waals surface area contributed by atoms with Gasteiger partial charge in [-0.2, -0.15) is 0 Å². The highest BCUT2D eigenvalue weighted by molar-refractivity contribution is 6.31. The lowest BCUT2D eigenvalue weighted by molar-refractivity contribution is -0.146. The van der Waals surface area contributed by atoms with Crippen molar-refractivity contribution in [2.45, 2.75) is 70.2 Å². The number of carbonyl (C=O) groups is 2. The van der Waals surface area contributed by atoms with Crippen LogP contribution in [0.4, 0.5) is 9.18 Å². The highest BCUT2D eigenvalue weighted by atomic mass is 35.5. The number of rotatable bonds is 5. The van der Waals surface area contributed by atoms with Gasteiger partial charge < -0.3 is 19.9 Å². The minimum Gasteiger partial charge on any atom is -0.377 e. The number of amides is 3. The van der Waals surface area contributed by atoms with Crippen LogP contribution in [-0.4, -0.2) is 59.6 Å². The molecule has 3 heterocycles. The van der Waals surface area contributed by atoms with Crippen LogP contribution >= 0.6 is 11.6 Å². The fraction of sp³-hybridized carbons (Fsp3) is 0.652. The summed E-state index contributed by atoms with van der Waals surface area (Å²) in [7, 11) is 0. The van der Waals surface area contributed by atoms with E-state index in [1.165, 1.54) is 6.07 Å². The summed E-state index contributed by atoms with van der Waals surface area (Å²) in [4.78, 5) is 30.1. The molecule has 3 amide bonds. The van der Waals surface area contributed by atoms with Crippen molar-refractivity contribution in [1.29, 1.82) is 0 Å². The molecule has 0 unspecified atom stereocenters. The third-order valence-corrected chi connectivity index (χ3v) is 7.70. The standard InChI is InChI=1S/C23H29ClFN3O3/c1-14-7-15(20(25)8-19(14)24)11-26-22(30)28(16-4-5-16)17-3-2-6-27(12-17)21(29)23-9-18(10-23)31-13-23/h7-8,16-18H,2-6,9-13H2,1H3,(H,26,30)/t17-,18?,23?/m1/s1. The van der Waals surface area contributed by atoms with Gasteiger partial charge in [-0.25, -0.2) is 9.18 Å². The number of carbonyl (C=O) groups excluding carboxylic acids is 2. The third-order valence-electron chi connectivity index (χ3n) is 7.30. The van der Waals surface area contributed by atoms with E-state index >= 15 is 0 Å². The Labute approximate surface area is 187 Å². The molecule has 31 heavy (non-hydrogen) atoms. The van der Waals surface area contributed by atoms with Crippen molar-refractivity contribution >= 4 is 23.5 Å². The number of hydrogen-bond acceptors (Lipinski definition) is 3. The highest BCUT2D eigenvalue weighted by Gasteiger charge is 2.58. The minimum atomic E-state index is -0.417. The summed E-state index contributed by atoms with van der Waals surface area (Å²) in [5, 5.41) is 3.28. The molecular weight excluding hydrogens is 421 g/mol. The summed E-state index contributed by atoms with van der Waals surface area (Å²) >= 11 is 5.97. The van der Waals surface area contributed by atoms with Gasteiger partial charge in [-0.1, -0.05) is 11.6 Å². The van der Waals surface area contributed by atoms with Crippen molar-refractivity contribution in [1.82, 2.24) is 15.1 Å². The lowest BCUT2D eigenvalue weighted by Gasteiger charge is -2.44. The van der Waals surface area contributed by atoms with Crippen LogP contribution < -0.4 is 5.32 Å². The summed E-state index contributed by atoms with van der Waals surface area (Å²) < 4.78 is 19.9. The third kappa shape index (κ3) is 3.91. The molecule has 168 valence electrons. The summed E-state index contributed by atoms with van der Waals surface area (Å²) in [6.07, 6.45) is 5.66. The highest BCUT2D eigenvalue weighted by Crippen LogP contribution is 2.51. The number of ether oxygens (including phenoxy) is 1. The van der Waals surface area contributed by atoms with E-state index < -0.39 is 5.82 Å². The number of benzene rings is 1. The fourth-order valence-electron chi connectivity index (χ4n) is 5.36. The van der Waals surface area contributed by atoms with E-state index in [9.17, 15) is 14.0 Å². The Kier molecular flexibility index (Phi) is 5.37. The van der Waals surface area contributed by atoms with Gasteiger partial charge in [-0.3, -0.25) is 4.79 Å².